The Hall–Kier alpha value is -2.82. The van der Waals surface area contributed by atoms with Gasteiger partial charge in [-0.2, -0.15) is 0 Å². The minimum atomic E-state index is -0.174. The van der Waals surface area contributed by atoms with Crippen molar-refractivity contribution in [1.29, 1.82) is 0 Å². The third kappa shape index (κ3) is 5.47. The van der Waals surface area contributed by atoms with Crippen molar-refractivity contribution in [2.45, 2.75) is 13.8 Å². The Balaban J connectivity index is 1.76. The number of aryl methyl sites for hydroxylation is 1. The lowest BCUT2D eigenvalue weighted by Crippen LogP contribution is -2.28. The van der Waals surface area contributed by atoms with E-state index in [0.29, 0.717) is 24.4 Å². The van der Waals surface area contributed by atoms with E-state index in [1.807, 2.05) is 31.2 Å². The molecule has 120 valence electrons. The van der Waals surface area contributed by atoms with Gasteiger partial charge in [0.05, 0.1) is 6.54 Å². The predicted molar refractivity (Wildman–Crippen MR) is 89.8 cm³/mol. The number of carbonyl (C=O) groups is 2. The second-order valence-electron chi connectivity index (χ2n) is 5.18. The van der Waals surface area contributed by atoms with Crippen LogP contribution in [0.3, 0.4) is 0 Å². The summed E-state index contributed by atoms with van der Waals surface area (Å²) in [5.41, 5.74) is 2.37. The lowest BCUT2D eigenvalue weighted by Gasteiger charge is -2.08. The maximum absolute atomic E-state index is 12.0. The first-order chi connectivity index (χ1) is 11.0. The summed E-state index contributed by atoms with van der Waals surface area (Å²) in [6.07, 6.45) is 0. The molecule has 2 amide bonds. The fourth-order valence-corrected chi connectivity index (χ4v) is 1.98. The monoisotopic (exact) mass is 312 g/mol. The van der Waals surface area contributed by atoms with Gasteiger partial charge in [-0.05, 0) is 43.3 Å². The highest BCUT2D eigenvalue weighted by Crippen LogP contribution is 2.11. The normalized spacial score (nSPS) is 10.0. The van der Waals surface area contributed by atoms with E-state index in [2.05, 4.69) is 10.6 Å². The number of carbonyl (C=O) groups excluding carboxylic acids is 2. The average molecular weight is 312 g/mol. The number of amides is 2. The summed E-state index contributed by atoms with van der Waals surface area (Å²) in [6, 6.07) is 14.5. The van der Waals surface area contributed by atoms with Crippen molar-refractivity contribution >= 4 is 17.5 Å². The summed E-state index contributed by atoms with van der Waals surface area (Å²) in [6.45, 7) is 4.27. The number of nitrogens with one attached hydrogen (secondary N) is 2. The van der Waals surface area contributed by atoms with Gasteiger partial charge in [-0.15, -0.1) is 0 Å². The van der Waals surface area contributed by atoms with Crippen LogP contribution in [0.1, 0.15) is 22.8 Å². The lowest BCUT2D eigenvalue weighted by molar-refractivity contribution is -0.114. The maximum atomic E-state index is 12.0. The van der Waals surface area contributed by atoms with E-state index in [9.17, 15) is 9.59 Å². The lowest BCUT2D eigenvalue weighted by atomic mass is 10.2. The molecular weight excluding hydrogens is 292 g/mol. The molecule has 0 unspecified atom stereocenters. The summed E-state index contributed by atoms with van der Waals surface area (Å²) >= 11 is 0. The Morgan fingerprint density at radius 3 is 2.26 bits per heavy atom. The first-order valence-electron chi connectivity index (χ1n) is 7.40. The molecule has 23 heavy (non-hydrogen) atoms. The molecule has 5 heteroatoms. The zero-order valence-electron chi connectivity index (χ0n) is 13.3. The summed E-state index contributed by atoms with van der Waals surface area (Å²) < 4.78 is 5.55. The Morgan fingerprint density at radius 1 is 1.00 bits per heavy atom. The molecule has 0 saturated heterocycles. The van der Waals surface area contributed by atoms with Crippen LogP contribution in [0.15, 0.2) is 48.5 Å². The van der Waals surface area contributed by atoms with E-state index < -0.39 is 0 Å². The van der Waals surface area contributed by atoms with Crippen molar-refractivity contribution in [2.75, 3.05) is 18.5 Å². The van der Waals surface area contributed by atoms with Gasteiger partial charge in [0.15, 0.2) is 0 Å². The molecule has 0 aliphatic carbocycles. The van der Waals surface area contributed by atoms with Crippen molar-refractivity contribution < 1.29 is 14.3 Å². The molecule has 0 fully saturated rings. The van der Waals surface area contributed by atoms with Crippen molar-refractivity contribution in [3.8, 4) is 5.75 Å². The summed E-state index contributed by atoms with van der Waals surface area (Å²) in [5, 5.41) is 5.44. The molecule has 0 saturated carbocycles. The quantitative estimate of drug-likeness (QED) is 0.806. The largest absolute Gasteiger partial charge is 0.492 e. The predicted octanol–water partition coefficient (Wildman–Crippen LogP) is 2.76. The molecule has 2 N–H and O–H groups in total. The van der Waals surface area contributed by atoms with E-state index in [1.165, 1.54) is 12.5 Å². The van der Waals surface area contributed by atoms with Crippen molar-refractivity contribution in [2.24, 2.45) is 0 Å². The van der Waals surface area contributed by atoms with Gasteiger partial charge in [0.1, 0.15) is 12.4 Å². The number of benzene rings is 2. The van der Waals surface area contributed by atoms with E-state index in [0.717, 1.165) is 5.75 Å². The average Bonchev–Trinajstić information content (AvgIpc) is 2.53. The summed E-state index contributed by atoms with van der Waals surface area (Å²) in [5.74, 6) is 0.465. The number of rotatable bonds is 6. The van der Waals surface area contributed by atoms with Gasteiger partial charge in [-0.1, -0.05) is 17.7 Å². The van der Waals surface area contributed by atoms with Gasteiger partial charge in [0, 0.05) is 18.2 Å². The second-order valence-corrected chi connectivity index (χ2v) is 5.18. The smallest absolute Gasteiger partial charge is 0.251 e. The Kier molecular flexibility index (Phi) is 5.74. The Labute approximate surface area is 135 Å². The van der Waals surface area contributed by atoms with Crippen LogP contribution >= 0.6 is 0 Å². The van der Waals surface area contributed by atoms with E-state index in [4.69, 9.17) is 4.74 Å². The number of hydrogen-bond acceptors (Lipinski definition) is 3. The van der Waals surface area contributed by atoms with Crippen LogP contribution in [-0.2, 0) is 4.79 Å². The maximum Gasteiger partial charge on any atom is 0.251 e. The fraction of sp³-hybridized carbons (Fsp3) is 0.222. The molecule has 0 aromatic heterocycles. The summed E-state index contributed by atoms with van der Waals surface area (Å²) in [7, 11) is 0. The Morgan fingerprint density at radius 2 is 1.65 bits per heavy atom. The zero-order chi connectivity index (χ0) is 16.7. The molecule has 2 rings (SSSR count). The first kappa shape index (κ1) is 16.5. The van der Waals surface area contributed by atoms with E-state index >= 15 is 0 Å². The third-order valence-electron chi connectivity index (χ3n) is 3.14. The van der Waals surface area contributed by atoms with Gasteiger partial charge >= 0.3 is 0 Å². The van der Waals surface area contributed by atoms with Crippen molar-refractivity contribution in [1.82, 2.24) is 5.32 Å². The van der Waals surface area contributed by atoms with Gasteiger partial charge in [-0.3, -0.25) is 9.59 Å². The topological polar surface area (TPSA) is 67.4 Å². The molecule has 0 atom stereocenters. The number of anilines is 1. The molecule has 2 aromatic rings. The molecule has 0 aliphatic rings. The molecule has 0 heterocycles. The summed E-state index contributed by atoms with van der Waals surface area (Å²) in [4.78, 5) is 22.9. The van der Waals surface area contributed by atoms with Gasteiger partial charge in [0.2, 0.25) is 5.91 Å². The van der Waals surface area contributed by atoms with Gasteiger partial charge < -0.3 is 15.4 Å². The highest BCUT2D eigenvalue weighted by Gasteiger charge is 2.05. The Bertz CT molecular complexity index is 664. The molecule has 0 aliphatic heterocycles. The molecule has 0 spiro atoms. The number of hydrogen-bond donors (Lipinski definition) is 2. The minimum absolute atomic E-state index is 0.143. The van der Waals surface area contributed by atoms with Crippen molar-refractivity contribution in [3.05, 3.63) is 59.7 Å². The highest BCUT2D eigenvalue weighted by molar-refractivity contribution is 5.95. The molecule has 0 bridgehead atoms. The fourth-order valence-electron chi connectivity index (χ4n) is 1.98. The molecule has 0 radical (unpaired) electrons. The van der Waals surface area contributed by atoms with Crippen LogP contribution < -0.4 is 15.4 Å². The van der Waals surface area contributed by atoms with Crippen LogP contribution in [0, 0.1) is 6.92 Å². The minimum Gasteiger partial charge on any atom is -0.492 e. The van der Waals surface area contributed by atoms with Gasteiger partial charge in [-0.25, -0.2) is 0 Å². The third-order valence-corrected chi connectivity index (χ3v) is 3.14. The van der Waals surface area contributed by atoms with E-state index in [-0.39, 0.29) is 11.8 Å². The second kappa shape index (κ2) is 7.98. The van der Waals surface area contributed by atoms with Crippen LogP contribution in [0.2, 0.25) is 0 Å². The van der Waals surface area contributed by atoms with Crippen molar-refractivity contribution in [3.63, 3.8) is 0 Å². The van der Waals surface area contributed by atoms with Crippen LogP contribution in [0.4, 0.5) is 5.69 Å². The molecular formula is C18H20N2O3. The standard InChI is InChI=1S/C18H20N2O3/c1-13-3-9-17(10-4-13)23-12-11-19-18(22)15-5-7-16(8-6-15)20-14(2)21/h3-10H,11-12H2,1-2H3,(H,19,22)(H,20,21). The van der Waals surface area contributed by atoms with Crippen LogP contribution in [0.25, 0.3) is 0 Å². The molecule has 2 aromatic carbocycles. The van der Waals surface area contributed by atoms with Crippen LogP contribution in [-0.4, -0.2) is 25.0 Å². The van der Waals surface area contributed by atoms with E-state index in [1.54, 1.807) is 24.3 Å². The highest BCUT2D eigenvalue weighted by atomic mass is 16.5. The van der Waals surface area contributed by atoms with Gasteiger partial charge in [0.25, 0.3) is 5.91 Å². The SMILES string of the molecule is CC(=O)Nc1ccc(C(=O)NCCOc2ccc(C)cc2)cc1. The molecule has 5 nitrogen and oxygen atoms in total. The number of ether oxygens (including phenoxy) is 1. The first-order valence-corrected chi connectivity index (χ1v) is 7.40. The zero-order valence-corrected chi connectivity index (χ0v) is 13.3. The van der Waals surface area contributed by atoms with Crippen LogP contribution in [0.5, 0.6) is 5.75 Å².